The van der Waals surface area contributed by atoms with Crippen molar-refractivity contribution < 1.29 is 0 Å². The quantitative estimate of drug-likeness (QED) is 0.898. The van der Waals surface area contributed by atoms with Gasteiger partial charge in [-0.15, -0.1) is 0 Å². The normalized spacial score (nSPS) is 11.8. The van der Waals surface area contributed by atoms with Crippen LogP contribution in [0.2, 0.25) is 0 Å². The van der Waals surface area contributed by atoms with Crippen LogP contribution < -0.4 is 5.73 Å². The number of nitrogen functional groups attached to an aromatic ring is 1. The molecule has 0 saturated carbocycles. The van der Waals surface area contributed by atoms with E-state index < -0.39 is 0 Å². The first kappa shape index (κ1) is 13.5. The van der Waals surface area contributed by atoms with Crippen LogP contribution in [0, 0.1) is 0 Å². The number of rotatable bonds is 2. The van der Waals surface area contributed by atoms with E-state index in [1.54, 1.807) is 4.68 Å². The van der Waals surface area contributed by atoms with Gasteiger partial charge in [0.1, 0.15) is 5.82 Å². The lowest BCUT2D eigenvalue weighted by molar-refractivity contribution is 0.554. The van der Waals surface area contributed by atoms with Crippen molar-refractivity contribution in [3.63, 3.8) is 0 Å². The second kappa shape index (κ2) is 4.64. The lowest BCUT2D eigenvalue weighted by atomic mass is 9.89. The zero-order valence-corrected chi connectivity index (χ0v) is 12.2. The molecular weight excluding hydrogens is 238 g/mol. The molecule has 0 atom stereocenters. The maximum atomic E-state index is 5.86. The molecular formula is C14H21N5. The third-order valence-corrected chi connectivity index (χ3v) is 2.94. The Morgan fingerprint density at radius 2 is 1.95 bits per heavy atom. The van der Waals surface area contributed by atoms with Crippen molar-refractivity contribution in [3.8, 4) is 11.4 Å². The Kier molecular flexibility index (Phi) is 3.30. The zero-order valence-electron chi connectivity index (χ0n) is 12.2. The Hall–Kier alpha value is -1.91. The molecule has 0 spiro atoms. The first-order valence-electron chi connectivity index (χ1n) is 6.49. The summed E-state index contributed by atoms with van der Waals surface area (Å²) in [7, 11) is 1.91. The molecule has 0 radical (unpaired) electrons. The highest BCUT2D eigenvalue weighted by Gasteiger charge is 2.24. The fourth-order valence-corrected chi connectivity index (χ4v) is 2.03. The molecule has 0 aliphatic rings. The van der Waals surface area contributed by atoms with Crippen LogP contribution in [0.5, 0.6) is 0 Å². The van der Waals surface area contributed by atoms with Crippen molar-refractivity contribution in [2.75, 3.05) is 5.73 Å². The molecule has 2 aromatic heterocycles. The van der Waals surface area contributed by atoms with Crippen molar-refractivity contribution in [1.29, 1.82) is 0 Å². The molecule has 2 heterocycles. The Balaban J connectivity index is 2.62. The molecule has 102 valence electrons. The van der Waals surface area contributed by atoms with Gasteiger partial charge in [-0.3, -0.25) is 4.68 Å². The van der Waals surface area contributed by atoms with Gasteiger partial charge in [0.05, 0.1) is 11.3 Å². The van der Waals surface area contributed by atoms with Gasteiger partial charge >= 0.3 is 0 Å². The largest absolute Gasteiger partial charge is 0.384 e. The predicted octanol–water partition coefficient (Wildman–Crippen LogP) is 2.32. The molecule has 2 aromatic rings. The van der Waals surface area contributed by atoms with Gasteiger partial charge in [-0.1, -0.05) is 27.7 Å². The lowest BCUT2D eigenvalue weighted by Gasteiger charge is -2.17. The second-order valence-corrected chi connectivity index (χ2v) is 5.78. The molecule has 0 aromatic carbocycles. The number of aromatic nitrogens is 4. The van der Waals surface area contributed by atoms with Gasteiger partial charge < -0.3 is 5.73 Å². The highest BCUT2D eigenvalue weighted by atomic mass is 15.3. The van der Waals surface area contributed by atoms with Crippen molar-refractivity contribution >= 4 is 5.82 Å². The molecule has 5 nitrogen and oxygen atoms in total. The number of nitrogens with zero attached hydrogens (tertiary/aromatic N) is 4. The van der Waals surface area contributed by atoms with E-state index in [0.717, 1.165) is 23.4 Å². The lowest BCUT2D eigenvalue weighted by Crippen LogP contribution is -2.14. The first-order chi connectivity index (χ1) is 8.81. The van der Waals surface area contributed by atoms with E-state index >= 15 is 0 Å². The molecule has 19 heavy (non-hydrogen) atoms. The van der Waals surface area contributed by atoms with E-state index in [4.69, 9.17) is 5.73 Å². The van der Waals surface area contributed by atoms with Crippen LogP contribution in [0.1, 0.15) is 39.1 Å². The molecule has 2 N–H and O–H groups in total. The second-order valence-electron chi connectivity index (χ2n) is 5.78. The average molecular weight is 259 g/mol. The molecule has 0 fully saturated rings. The molecule has 0 bridgehead atoms. The highest BCUT2D eigenvalue weighted by molar-refractivity contribution is 5.60. The topological polar surface area (TPSA) is 69.6 Å². The van der Waals surface area contributed by atoms with Gasteiger partial charge in [-0.25, -0.2) is 9.97 Å². The third kappa shape index (κ3) is 2.75. The molecule has 0 saturated heterocycles. The van der Waals surface area contributed by atoms with Gasteiger partial charge in [0.25, 0.3) is 0 Å². The highest BCUT2D eigenvalue weighted by Crippen LogP contribution is 2.30. The summed E-state index contributed by atoms with van der Waals surface area (Å²) in [6, 6.07) is 1.82. The summed E-state index contributed by atoms with van der Waals surface area (Å²) in [5.74, 6) is 1.17. The van der Waals surface area contributed by atoms with E-state index in [2.05, 4.69) is 42.8 Å². The monoisotopic (exact) mass is 259 g/mol. The number of nitrogens with two attached hydrogens (primary N) is 1. The summed E-state index contributed by atoms with van der Waals surface area (Å²) in [6.45, 7) is 8.45. The van der Waals surface area contributed by atoms with E-state index in [9.17, 15) is 0 Å². The van der Waals surface area contributed by atoms with Gasteiger partial charge in [-0.05, 0) is 6.42 Å². The summed E-state index contributed by atoms with van der Waals surface area (Å²) >= 11 is 0. The van der Waals surface area contributed by atoms with Crippen molar-refractivity contribution in [2.45, 2.75) is 39.5 Å². The number of hydrogen-bond donors (Lipinski definition) is 1. The van der Waals surface area contributed by atoms with Crippen LogP contribution in [0.3, 0.4) is 0 Å². The molecule has 0 amide bonds. The molecule has 0 aliphatic heterocycles. The average Bonchev–Trinajstić information content (AvgIpc) is 2.70. The summed E-state index contributed by atoms with van der Waals surface area (Å²) in [5.41, 5.74) is 8.70. The van der Waals surface area contributed by atoms with Gasteiger partial charge in [0.15, 0.2) is 5.82 Å². The van der Waals surface area contributed by atoms with Crippen LogP contribution in [0.15, 0.2) is 12.3 Å². The number of hydrogen-bond acceptors (Lipinski definition) is 4. The maximum absolute atomic E-state index is 5.86. The van der Waals surface area contributed by atoms with Gasteiger partial charge in [0.2, 0.25) is 0 Å². The number of aryl methyl sites for hydroxylation is 2. The van der Waals surface area contributed by atoms with Crippen LogP contribution in [0.25, 0.3) is 11.4 Å². The molecule has 2 rings (SSSR count). The molecule has 0 unspecified atom stereocenters. The first-order valence-corrected chi connectivity index (χ1v) is 6.49. The van der Waals surface area contributed by atoms with Crippen LogP contribution in [-0.2, 0) is 18.9 Å². The van der Waals surface area contributed by atoms with Crippen molar-refractivity contribution in [3.05, 3.63) is 23.7 Å². The minimum Gasteiger partial charge on any atom is -0.384 e. The molecule has 5 heteroatoms. The fraction of sp³-hybridized carbons (Fsp3) is 0.500. The molecule has 0 aliphatic carbocycles. The van der Waals surface area contributed by atoms with Crippen LogP contribution in [0.4, 0.5) is 5.82 Å². The van der Waals surface area contributed by atoms with Crippen LogP contribution >= 0.6 is 0 Å². The smallest absolute Gasteiger partial charge is 0.165 e. The Morgan fingerprint density at radius 3 is 2.53 bits per heavy atom. The predicted molar refractivity (Wildman–Crippen MR) is 76.7 cm³/mol. The Morgan fingerprint density at radius 1 is 1.26 bits per heavy atom. The minimum absolute atomic E-state index is 0.0586. The summed E-state index contributed by atoms with van der Waals surface area (Å²) in [6.07, 6.45) is 2.79. The fourth-order valence-electron chi connectivity index (χ4n) is 2.03. The Bertz CT molecular complexity index is 592. The zero-order chi connectivity index (χ0) is 14.2. The summed E-state index contributed by atoms with van der Waals surface area (Å²) < 4.78 is 1.80. The van der Waals surface area contributed by atoms with Crippen molar-refractivity contribution in [2.24, 2.45) is 7.05 Å². The van der Waals surface area contributed by atoms with Gasteiger partial charge in [0, 0.05) is 30.4 Å². The van der Waals surface area contributed by atoms with Gasteiger partial charge in [-0.2, -0.15) is 5.10 Å². The van der Waals surface area contributed by atoms with E-state index in [1.807, 2.05) is 19.3 Å². The summed E-state index contributed by atoms with van der Waals surface area (Å²) in [5, 5.41) is 4.54. The van der Waals surface area contributed by atoms with E-state index in [0.29, 0.717) is 11.6 Å². The maximum Gasteiger partial charge on any atom is 0.165 e. The Labute approximate surface area is 113 Å². The third-order valence-electron chi connectivity index (χ3n) is 2.94. The van der Waals surface area contributed by atoms with E-state index in [-0.39, 0.29) is 5.41 Å². The van der Waals surface area contributed by atoms with E-state index in [1.165, 1.54) is 0 Å². The standard InChI is InChI=1S/C14H21N5/c1-6-9-7-11(15)17-13(16-9)10-8-19(5)18-12(10)14(2,3)4/h7-8H,6H2,1-5H3,(H2,15,16,17). The van der Waals surface area contributed by atoms with Crippen molar-refractivity contribution in [1.82, 2.24) is 19.7 Å². The number of anilines is 1. The minimum atomic E-state index is -0.0586. The SMILES string of the molecule is CCc1cc(N)nc(-c2cn(C)nc2C(C)(C)C)n1. The van der Waals surface area contributed by atoms with Crippen LogP contribution in [-0.4, -0.2) is 19.7 Å². The summed E-state index contributed by atoms with van der Waals surface area (Å²) in [4.78, 5) is 8.92.